The topological polar surface area (TPSA) is 98.0 Å². The van der Waals surface area contributed by atoms with Crippen molar-refractivity contribution in [3.05, 3.63) is 35.9 Å². The molecule has 0 spiro atoms. The molecule has 2 aromatic rings. The highest BCUT2D eigenvalue weighted by atomic mass is 32.2. The van der Waals surface area contributed by atoms with Gasteiger partial charge in [0.15, 0.2) is 8.68 Å². The first-order valence-corrected chi connectivity index (χ1v) is 10.5. The summed E-state index contributed by atoms with van der Waals surface area (Å²) >= 11 is 3.96. The minimum atomic E-state index is -0.390. The molecule has 0 unspecified atom stereocenters. The van der Waals surface area contributed by atoms with E-state index < -0.39 is 5.91 Å². The van der Waals surface area contributed by atoms with Crippen LogP contribution in [0, 0.1) is 0 Å². The Morgan fingerprint density at radius 1 is 1.16 bits per heavy atom. The van der Waals surface area contributed by atoms with Gasteiger partial charge < -0.3 is 11.1 Å². The van der Waals surface area contributed by atoms with Crippen LogP contribution < -0.4 is 11.1 Å². The van der Waals surface area contributed by atoms with Crippen molar-refractivity contribution in [2.45, 2.75) is 34.5 Å². The SMILES string of the molecule is C[C@H](CCc1ccccc1)NC(=O)CSc1nnc(SCC(N)=O)s1. The number of aryl methyl sites for hydroxylation is 1. The van der Waals surface area contributed by atoms with E-state index in [1.165, 1.54) is 40.4 Å². The third-order valence-corrected chi connectivity index (χ3v) is 6.38. The summed E-state index contributed by atoms with van der Waals surface area (Å²) in [5, 5.41) is 11.0. The average Bonchev–Trinajstić information content (AvgIpc) is 3.05. The molecule has 0 aliphatic heterocycles. The molecule has 1 heterocycles. The lowest BCUT2D eigenvalue weighted by Gasteiger charge is -2.13. The fraction of sp³-hybridized carbons (Fsp3) is 0.375. The van der Waals surface area contributed by atoms with Crippen LogP contribution >= 0.6 is 34.9 Å². The number of benzene rings is 1. The number of nitrogens with two attached hydrogens (primary N) is 1. The van der Waals surface area contributed by atoms with E-state index in [1.54, 1.807) is 0 Å². The standard InChI is InChI=1S/C16H20N4O2S3/c1-11(7-8-12-5-3-2-4-6-12)18-14(22)10-24-16-20-19-15(25-16)23-9-13(17)21/h2-6,11H,7-10H2,1H3,(H2,17,21)(H,18,22)/t11-/m1/s1. The van der Waals surface area contributed by atoms with Gasteiger partial charge in [-0.3, -0.25) is 9.59 Å². The van der Waals surface area contributed by atoms with Gasteiger partial charge in [-0.05, 0) is 25.3 Å². The van der Waals surface area contributed by atoms with Gasteiger partial charge in [0.25, 0.3) is 0 Å². The van der Waals surface area contributed by atoms with Gasteiger partial charge in [0.2, 0.25) is 11.8 Å². The summed E-state index contributed by atoms with van der Waals surface area (Å²) in [6.07, 6.45) is 1.83. The van der Waals surface area contributed by atoms with Gasteiger partial charge in [0.05, 0.1) is 11.5 Å². The number of nitrogens with one attached hydrogen (secondary N) is 1. The zero-order valence-electron chi connectivity index (χ0n) is 13.8. The molecule has 0 saturated heterocycles. The molecule has 0 aliphatic rings. The molecule has 1 aromatic carbocycles. The Labute approximate surface area is 159 Å². The fourth-order valence-corrected chi connectivity index (χ4v) is 4.56. The number of nitrogens with zero attached hydrogens (tertiary/aromatic N) is 2. The number of carbonyl (C=O) groups excluding carboxylic acids is 2. The molecule has 2 amide bonds. The molecule has 0 aliphatic carbocycles. The van der Waals surface area contributed by atoms with Crippen molar-refractivity contribution < 1.29 is 9.59 Å². The van der Waals surface area contributed by atoms with Crippen molar-refractivity contribution in [3.8, 4) is 0 Å². The van der Waals surface area contributed by atoms with E-state index in [4.69, 9.17) is 5.73 Å². The molecule has 0 radical (unpaired) electrons. The number of hydrogen-bond acceptors (Lipinski definition) is 7. The normalized spacial score (nSPS) is 11.9. The van der Waals surface area contributed by atoms with E-state index in [0.29, 0.717) is 14.4 Å². The second-order valence-corrected chi connectivity index (χ2v) is 8.79. The van der Waals surface area contributed by atoms with Gasteiger partial charge in [0, 0.05) is 6.04 Å². The first kappa shape index (κ1) is 19.7. The number of aromatic nitrogens is 2. The molecule has 25 heavy (non-hydrogen) atoms. The molecule has 3 N–H and O–H groups in total. The predicted molar refractivity (Wildman–Crippen MR) is 103 cm³/mol. The van der Waals surface area contributed by atoms with Crippen LogP contribution in [0.25, 0.3) is 0 Å². The highest BCUT2D eigenvalue weighted by molar-refractivity contribution is 8.03. The predicted octanol–water partition coefficient (Wildman–Crippen LogP) is 2.35. The van der Waals surface area contributed by atoms with Crippen LogP contribution in [0.5, 0.6) is 0 Å². The van der Waals surface area contributed by atoms with Crippen molar-refractivity contribution in [3.63, 3.8) is 0 Å². The Hall–Kier alpha value is -1.58. The van der Waals surface area contributed by atoms with E-state index in [1.807, 2.05) is 25.1 Å². The number of primary amides is 1. The summed E-state index contributed by atoms with van der Waals surface area (Å²) in [5.41, 5.74) is 6.36. The Bertz CT molecular complexity index is 694. The minimum absolute atomic E-state index is 0.0212. The summed E-state index contributed by atoms with van der Waals surface area (Å²) in [7, 11) is 0. The molecular weight excluding hydrogens is 376 g/mol. The van der Waals surface area contributed by atoms with Gasteiger partial charge in [0.1, 0.15) is 0 Å². The molecule has 2 rings (SSSR count). The first-order chi connectivity index (χ1) is 12.0. The lowest BCUT2D eigenvalue weighted by Crippen LogP contribution is -2.34. The zero-order chi connectivity index (χ0) is 18.1. The van der Waals surface area contributed by atoms with E-state index in [-0.39, 0.29) is 17.7 Å². The van der Waals surface area contributed by atoms with Gasteiger partial charge in [-0.1, -0.05) is 65.2 Å². The van der Waals surface area contributed by atoms with Crippen LogP contribution in [0.4, 0.5) is 0 Å². The Morgan fingerprint density at radius 2 is 1.80 bits per heavy atom. The van der Waals surface area contributed by atoms with E-state index in [2.05, 4.69) is 27.6 Å². The van der Waals surface area contributed by atoms with E-state index in [0.717, 1.165) is 12.8 Å². The third-order valence-electron chi connectivity index (χ3n) is 3.17. The lowest BCUT2D eigenvalue weighted by molar-refractivity contribution is -0.119. The van der Waals surface area contributed by atoms with Gasteiger partial charge >= 0.3 is 0 Å². The van der Waals surface area contributed by atoms with Crippen molar-refractivity contribution in [1.82, 2.24) is 15.5 Å². The van der Waals surface area contributed by atoms with Crippen LogP contribution in [0.1, 0.15) is 18.9 Å². The van der Waals surface area contributed by atoms with Crippen molar-refractivity contribution >= 4 is 46.7 Å². The minimum Gasteiger partial charge on any atom is -0.369 e. The summed E-state index contributed by atoms with van der Waals surface area (Å²) < 4.78 is 1.39. The highest BCUT2D eigenvalue weighted by Crippen LogP contribution is 2.28. The maximum absolute atomic E-state index is 12.0. The second kappa shape index (κ2) is 10.4. The molecule has 1 atom stereocenters. The van der Waals surface area contributed by atoms with Crippen LogP contribution in [0.3, 0.4) is 0 Å². The smallest absolute Gasteiger partial charge is 0.230 e. The van der Waals surface area contributed by atoms with Crippen LogP contribution in [0.2, 0.25) is 0 Å². The third kappa shape index (κ3) is 7.89. The first-order valence-electron chi connectivity index (χ1n) is 7.73. The van der Waals surface area contributed by atoms with E-state index >= 15 is 0 Å². The summed E-state index contributed by atoms with van der Waals surface area (Å²) in [6, 6.07) is 10.3. The van der Waals surface area contributed by atoms with Crippen molar-refractivity contribution in [1.29, 1.82) is 0 Å². The Morgan fingerprint density at radius 3 is 2.44 bits per heavy atom. The van der Waals surface area contributed by atoms with Crippen LogP contribution in [0.15, 0.2) is 39.0 Å². The van der Waals surface area contributed by atoms with Crippen LogP contribution in [-0.2, 0) is 16.0 Å². The van der Waals surface area contributed by atoms with Crippen molar-refractivity contribution in [2.24, 2.45) is 5.73 Å². The number of amides is 2. The molecular formula is C16H20N4O2S3. The molecule has 134 valence electrons. The molecule has 0 bridgehead atoms. The summed E-state index contributed by atoms with van der Waals surface area (Å²) in [4.78, 5) is 22.8. The lowest BCUT2D eigenvalue weighted by atomic mass is 10.1. The number of hydrogen-bond donors (Lipinski definition) is 2. The zero-order valence-corrected chi connectivity index (χ0v) is 16.3. The van der Waals surface area contributed by atoms with E-state index in [9.17, 15) is 9.59 Å². The maximum atomic E-state index is 12.0. The number of carbonyl (C=O) groups is 2. The average molecular weight is 397 g/mol. The molecule has 6 nitrogen and oxygen atoms in total. The monoisotopic (exact) mass is 396 g/mol. The quantitative estimate of drug-likeness (QED) is 0.598. The van der Waals surface area contributed by atoms with Gasteiger partial charge in [-0.15, -0.1) is 10.2 Å². The fourth-order valence-electron chi connectivity index (χ4n) is 1.99. The van der Waals surface area contributed by atoms with Gasteiger partial charge in [-0.25, -0.2) is 0 Å². The largest absolute Gasteiger partial charge is 0.369 e. The van der Waals surface area contributed by atoms with Gasteiger partial charge in [-0.2, -0.15) is 0 Å². The molecule has 0 fully saturated rings. The molecule has 0 saturated carbocycles. The molecule has 9 heteroatoms. The van der Waals surface area contributed by atoms with Crippen LogP contribution in [-0.4, -0.2) is 39.6 Å². The maximum Gasteiger partial charge on any atom is 0.230 e. The second-order valence-electron chi connectivity index (χ2n) is 5.37. The van der Waals surface area contributed by atoms with Crippen molar-refractivity contribution in [2.75, 3.05) is 11.5 Å². The summed E-state index contributed by atoms with van der Waals surface area (Å²) in [5.74, 6) is 0.0640. The number of rotatable bonds is 10. The number of thioether (sulfide) groups is 2. The highest BCUT2D eigenvalue weighted by Gasteiger charge is 2.11. The Kier molecular flexibility index (Phi) is 8.23. The molecule has 1 aromatic heterocycles. The summed E-state index contributed by atoms with van der Waals surface area (Å²) in [6.45, 7) is 2.01. The Balaban J connectivity index is 1.67.